The summed E-state index contributed by atoms with van der Waals surface area (Å²) in [5.41, 5.74) is 8.46. The van der Waals surface area contributed by atoms with Crippen molar-refractivity contribution < 1.29 is 4.79 Å². The minimum Gasteiger partial charge on any atom is -0.366 e. The molecule has 1 aromatic carbocycles. The molecule has 2 nitrogen and oxygen atoms in total. The lowest BCUT2D eigenvalue weighted by molar-refractivity contribution is 0.1000. The van der Waals surface area contributed by atoms with E-state index in [1.165, 1.54) is 0 Å². The van der Waals surface area contributed by atoms with Gasteiger partial charge in [-0.2, -0.15) is 0 Å². The molecule has 0 spiro atoms. The van der Waals surface area contributed by atoms with Crippen LogP contribution in [0.1, 0.15) is 40.9 Å². The van der Waals surface area contributed by atoms with Crippen molar-refractivity contribution in [2.75, 3.05) is 0 Å². The zero-order valence-corrected chi connectivity index (χ0v) is 10.2. The van der Waals surface area contributed by atoms with Gasteiger partial charge in [0.05, 0.1) is 0 Å². The first-order chi connectivity index (χ1) is 7.61. The molecule has 0 aliphatic heterocycles. The number of amides is 1. The standard InChI is InChI=1S/C12H13NO.C2H6/c1-4-9-8(3)6-7-11(12(13)14)10(9)5-2;1-2/h4-7H,1-2H2,3H3,(H2,13,14);1-2H3. The summed E-state index contributed by atoms with van der Waals surface area (Å²) in [5, 5.41) is 0. The van der Waals surface area contributed by atoms with E-state index in [1.807, 2.05) is 26.8 Å². The summed E-state index contributed by atoms with van der Waals surface area (Å²) in [6, 6.07) is 3.56. The van der Waals surface area contributed by atoms with Gasteiger partial charge in [-0.3, -0.25) is 4.79 Å². The summed E-state index contributed by atoms with van der Waals surface area (Å²) in [7, 11) is 0. The Hall–Kier alpha value is -1.83. The van der Waals surface area contributed by atoms with Gasteiger partial charge in [0.15, 0.2) is 0 Å². The minimum atomic E-state index is -0.442. The number of benzene rings is 1. The Morgan fingerprint density at radius 3 is 2.06 bits per heavy atom. The summed E-state index contributed by atoms with van der Waals surface area (Å²) < 4.78 is 0. The third kappa shape index (κ3) is 2.83. The first-order valence-electron chi connectivity index (χ1n) is 5.30. The Labute approximate surface area is 97.5 Å². The zero-order valence-electron chi connectivity index (χ0n) is 10.2. The van der Waals surface area contributed by atoms with E-state index in [0.29, 0.717) is 5.56 Å². The highest BCUT2D eigenvalue weighted by Gasteiger charge is 2.09. The van der Waals surface area contributed by atoms with Crippen LogP contribution < -0.4 is 5.73 Å². The van der Waals surface area contributed by atoms with Gasteiger partial charge in [0.1, 0.15) is 0 Å². The molecule has 0 bridgehead atoms. The fraction of sp³-hybridized carbons (Fsp3) is 0.214. The van der Waals surface area contributed by atoms with Crippen LogP contribution in [0.2, 0.25) is 0 Å². The van der Waals surface area contributed by atoms with E-state index in [1.54, 1.807) is 18.2 Å². The topological polar surface area (TPSA) is 43.1 Å². The van der Waals surface area contributed by atoms with Crippen molar-refractivity contribution in [2.45, 2.75) is 20.8 Å². The smallest absolute Gasteiger partial charge is 0.249 e. The number of carbonyl (C=O) groups is 1. The molecule has 0 aliphatic carbocycles. The quantitative estimate of drug-likeness (QED) is 0.828. The molecule has 0 aromatic heterocycles. The Bertz CT molecular complexity index is 405. The van der Waals surface area contributed by atoms with Crippen molar-refractivity contribution in [1.82, 2.24) is 0 Å². The predicted molar refractivity (Wildman–Crippen MR) is 71.2 cm³/mol. The number of primary amides is 1. The fourth-order valence-electron chi connectivity index (χ4n) is 1.45. The van der Waals surface area contributed by atoms with Gasteiger partial charge >= 0.3 is 0 Å². The second-order valence-corrected chi connectivity index (χ2v) is 3.03. The average molecular weight is 217 g/mol. The largest absolute Gasteiger partial charge is 0.366 e. The molecule has 1 amide bonds. The van der Waals surface area contributed by atoms with Crippen LogP contribution in [0.5, 0.6) is 0 Å². The Morgan fingerprint density at radius 1 is 1.19 bits per heavy atom. The van der Waals surface area contributed by atoms with E-state index in [0.717, 1.165) is 16.7 Å². The molecular weight excluding hydrogens is 198 g/mol. The molecular formula is C14H19NO. The van der Waals surface area contributed by atoms with Crippen molar-refractivity contribution in [3.8, 4) is 0 Å². The number of nitrogens with two attached hydrogens (primary N) is 1. The lowest BCUT2D eigenvalue weighted by Gasteiger charge is -2.09. The molecule has 0 aliphatic rings. The maximum absolute atomic E-state index is 11.1. The van der Waals surface area contributed by atoms with Crippen LogP contribution in [0.25, 0.3) is 12.2 Å². The highest BCUT2D eigenvalue weighted by Crippen LogP contribution is 2.21. The molecule has 0 saturated carbocycles. The Balaban J connectivity index is 0.00000106. The minimum absolute atomic E-state index is 0.442. The summed E-state index contributed by atoms with van der Waals surface area (Å²) in [6.07, 6.45) is 3.34. The number of hydrogen-bond acceptors (Lipinski definition) is 1. The molecule has 1 rings (SSSR count). The Morgan fingerprint density at radius 2 is 1.69 bits per heavy atom. The van der Waals surface area contributed by atoms with Gasteiger partial charge in [-0.1, -0.05) is 45.2 Å². The van der Waals surface area contributed by atoms with Gasteiger partial charge in [-0.05, 0) is 29.7 Å². The molecule has 16 heavy (non-hydrogen) atoms. The van der Waals surface area contributed by atoms with E-state index in [2.05, 4.69) is 13.2 Å². The summed E-state index contributed by atoms with van der Waals surface area (Å²) in [6.45, 7) is 13.3. The molecule has 2 N–H and O–H groups in total. The molecule has 1 aromatic rings. The summed E-state index contributed by atoms with van der Waals surface area (Å²) in [5.74, 6) is -0.442. The lowest BCUT2D eigenvalue weighted by Crippen LogP contribution is -2.13. The molecule has 2 heteroatoms. The number of hydrogen-bond donors (Lipinski definition) is 1. The van der Waals surface area contributed by atoms with E-state index in [4.69, 9.17) is 5.73 Å². The van der Waals surface area contributed by atoms with Crippen LogP contribution >= 0.6 is 0 Å². The normalized spacial score (nSPS) is 8.69. The third-order valence-corrected chi connectivity index (χ3v) is 2.18. The first-order valence-corrected chi connectivity index (χ1v) is 5.30. The van der Waals surface area contributed by atoms with Crippen molar-refractivity contribution in [1.29, 1.82) is 0 Å². The maximum Gasteiger partial charge on any atom is 0.249 e. The van der Waals surface area contributed by atoms with Gasteiger partial charge in [-0.25, -0.2) is 0 Å². The SMILES string of the molecule is C=Cc1c(C)ccc(C(N)=O)c1C=C.CC. The molecule has 0 heterocycles. The van der Waals surface area contributed by atoms with E-state index in [9.17, 15) is 4.79 Å². The zero-order chi connectivity index (χ0) is 12.7. The van der Waals surface area contributed by atoms with Gasteiger partial charge in [-0.15, -0.1) is 0 Å². The van der Waals surface area contributed by atoms with Gasteiger partial charge < -0.3 is 5.73 Å². The van der Waals surface area contributed by atoms with Crippen LogP contribution in [-0.4, -0.2) is 5.91 Å². The molecule has 0 atom stereocenters. The number of aryl methyl sites for hydroxylation is 1. The van der Waals surface area contributed by atoms with Crippen molar-refractivity contribution in [3.05, 3.63) is 47.5 Å². The lowest BCUT2D eigenvalue weighted by atomic mass is 9.96. The fourth-order valence-corrected chi connectivity index (χ4v) is 1.45. The van der Waals surface area contributed by atoms with Crippen molar-refractivity contribution in [2.24, 2.45) is 5.73 Å². The van der Waals surface area contributed by atoms with E-state index < -0.39 is 5.91 Å². The van der Waals surface area contributed by atoms with Gasteiger partial charge in [0, 0.05) is 5.56 Å². The van der Waals surface area contributed by atoms with Crippen molar-refractivity contribution >= 4 is 18.1 Å². The van der Waals surface area contributed by atoms with Gasteiger partial charge in [0.2, 0.25) is 5.91 Å². The molecule has 0 radical (unpaired) electrons. The van der Waals surface area contributed by atoms with Crippen LogP contribution in [0.3, 0.4) is 0 Å². The van der Waals surface area contributed by atoms with Crippen LogP contribution in [0.4, 0.5) is 0 Å². The monoisotopic (exact) mass is 217 g/mol. The molecule has 0 fully saturated rings. The second-order valence-electron chi connectivity index (χ2n) is 3.03. The summed E-state index contributed by atoms with van der Waals surface area (Å²) >= 11 is 0. The highest BCUT2D eigenvalue weighted by atomic mass is 16.1. The van der Waals surface area contributed by atoms with Crippen LogP contribution in [-0.2, 0) is 0 Å². The third-order valence-electron chi connectivity index (χ3n) is 2.18. The van der Waals surface area contributed by atoms with Gasteiger partial charge in [0.25, 0.3) is 0 Å². The highest BCUT2D eigenvalue weighted by molar-refractivity contribution is 5.98. The predicted octanol–water partition coefficient (Wildman–Crippen LogP) is 3.41. The average Bonchev–Trinajstić information content (AvgIpc) is 2.30. The molecule has 86 valence electrons. The number of rotatable bonds is 3. The number of carbonyl (C=O) groups excluding carboxylic acids is 1. The summed E-state index contributed by atoms with van der Waals surface area (Å²) in [4.78, 5) is 11.1. The van der Waals surface area contributed by atoms with Crippen LogP contribution in [0.15, 0.2) is 25.3 Å². The first kappa shape index (κ1) is 14.2. The molecule has 0 saturated heterocycles. The van der Waals surface area contributed by atoms with Crippen LogP contribution in [0, 0.1) is 6.92 Å². The second kappa shape index (κ2) is 6.62. The van der Waals surface area contributed by atoms with E-state index in [-0.39, 0.29) is 0 Å². The Kier molecular flexibility index (Phi) is 5.86. The maximum atomic E-state index is 11.1. The van der Waals surface area contributed by atoms with E-state index >= 15 is 0 Å². The molecule has 0 unspecified atom stereocenters. The van der Waals surface area contributed by atoms with Crippen molar-refractivity contribution in [3.63, 3.8) is 0 Å².